The van der Waals surface area contributed by atoms with E-state index < -0.39 is 169 Å². The first-order valence-electron chi connectivity index (χ1n) is 30.5. The van der Waals surface area contributed by atoms with E-state index in [1.165, 1.54) is 12.5 Å². The molecule has 26 N–H and O–H groups in total. The van der Waals surface area contributed by atoms with Crippen molar-refractivity contribution in [3.63, 3.8) is 0 Å². The van der Waals surface area contributed by atoms with Crippen LogP contribution in [0.5, 0.6) is 0 Å². The Hall–Kier alpha value is -9.31. The lowest BCUT2D eigenvalue weighted by atomic mass is 9.98. The van der Waals surface area contributed by atoms with Gasteiger partial charge in [-0.05, 0) is 94.7 Å². The van der Waals surface area contributed by atoms with Gasteiger partial charge in [0, 0.05) is 37.7 Å². The molecule has 2 rings (SSSR count). The first-order valence-corrected chi connectivity index (χ1v) is 30.5. The second-order valence-electron chi connectivity index (χ2n) is 22.7. The van der Waals surface area contributed by atoms with Crippen molar-refractivity contribution in [1.82, 2.24) is 57.8 Å². The Morgan fingerprint density at radius 1 is 0.533 bits per heavy atom. The van der Waals surface area contributed by atoms with E-state index in [2.05, 4.69) is 62.8 Å². The van der Waals surface area contributed by atoms with Crippen molar-refractivity contribution in [2.45, 2.75) is 191 Å². The van der Waals surface area contributed by atoms with Gasteiger partial charge in [0.25, 0.3) is 0 Å². The summed E-state index contributed by atoms with van der Waals surface area (Å²) in [5.41, 5.74) is 40.4. The number of imidazole rings is 1. The van der Waals surface area contributed by atoms with Crippen molar-refractivity contribution >= 4 is 82.9 Å². The second-order valence-corrected chi connectivity index (χ2v) is 22.7. The maximum absolute atomic E-state index is 14.8. The van der Waals surface area contributed by atoms with Crippen molar-refractivity contribution in [2.75, 3.05) is 19.6 Å². The highest BCUT2D eigenvalue weighted by Crippen LogP contribution is 2.14. The number of aliphatic imine (C=N–C) groups is 1. The van der Waals surface area contributed by atoms with Crippen LogP contribution < -0.4 is 88.0 Å². The molecule has 11 atom stereocenters. The number of aromatic amines is 1. The number of primary amides is 2. The number of carboxylic acid groups (broad SMARTS) is 2. The quantitative estimate of drug-likeness (QED) is 0.0168. The Labute approximate surface area is 533 Å². The van der Waals surface area contributed by atoms with Crippen LogP contribution in [0.3, 0.4) is 0 Å². The average Bonchev–Trinajstić information content (AvgIpc) is 1.12. The van der Waals surface area contributed by atoms with Crippen LogP contribution >= 0.6 is 0 Å². The molecule has 92 heavy (non-hydrogen) atoms. The smallest absolute Gasteiger partial charge is 0.326 e. The molecule has 512 valence electrons. The zero-order valence-electron chi connectivity index (χ0n) is 52.5. The zero-order chi connectivity index (χ0) is 69.0. The lowest BCUT2D eigenvalue weighted by Crippen LogP contribution is -2.61. The van der Waals surface area contributed by atoms with Crippen LogP contribution in [0, 0.1) is 11.8 Å². The highest BCUT2D eigenvalue weighted by Gasteiger charge is 2.37. The summed E-state index contributed by atoms with van der Waals surface area (Å²) in [6.07, 6.45) is 0.689. The van der Waals surface area contributed by atoms with Crippen molar-refractivity contribution in [2.24, 2.45) is 57.0 Å². The molecule has 0 unspecified atom stereocenters. The number of carboxylic acids is 2. The highest BCUT2D eigenvalue weighted by molar-refractivity contribution is 6.00. The molecular weight excluding hydrogens is 1200 g/mol. The van der Waals surface area contributed by atoms with E-state index in [0.717, 1.165) is 0 Å². The SMILES string of the molecule is CC[C@H](C)[C@H](NC(=O)[C@H](CC(N)=O)NC(=O)[C@H](Cc1cnc[nH]1)NC(=O)[C@H](Cc1ccccc1)NC(=O)[C@H](CCCN=C(N)N)NC(=O)[C@H](CCCCN)NC(=O)[C@H](CCCCN)NC(=O)[C@H](CCC(=O)O)NC(=O)[C@H](CC(N)=O)NC(=O)[C@@H](N)CC(C)C)C(=O)O. The maximum atomic E-state index is 14.8. The van der Waals surface area contributed by atoms with Crippen LogP contribution in [0.25, 0.3) is 0 Å². The fourth-order valence-electron chi connectivity index (χ4n) is 9.27. The predicted octanol–water partition coefficient (Wildman–Crippen LogP) is -5.01. The van der Waals surface area contributed by atoms with Crippen LogP contribution in [0.4, 0.5) is 0 Å². The summed E-state index contributed by atoms with van der Waals surface area (Å²) in [6.45, 7) is 7.15. The average molecular weight is 1300 g/mol. The Kier molecular flexibility index (Phi) is 35.9. The number of nitrogens with zero attached hydrogens (tertiary/aromatic N) is 2. The van der Waals surface area contributed by atoms with Crippen LogP contribution in [-0.4, -0.2) is 183 Å². The van der Waals surface area contributed by atoms with Crippen LogP contribution in [0.1, 0.15) is 129 Å². The van der Waals surface area contributed by atoms with Crippen molar-refractivity contribution < 1.29 is 72.5 Å². The Balaban J connectivity index is 2.64. The molecule has 1 aromatic carbocycles. The van der Waals surface area contributed by atoms with Gasteiger partial charge in [-0.2, -0.15) is 0 Å². The first kappa shape index (κ1) is 78.8. The number of carbonyl (C=O) groups is 13. The van der Waals surface area contributed by atoms with Gasteiger partial charge in [0.15, 0.2) is 5.96 Å². The molecule has 0 bridgehead atoms. The lowest BCUT2D eigenvalue weighted by Gasteiger charge is -2.28. The van der Waals surface area contributed by atoms with Gasteiger partial charge in [-0.3, -0.25) is 62.5 Å². The summed E-state index contributed by atoms with van der Waals surface area (Å²) in [5, 5.41) is 42.1. The number of carbonyl (C=O) groups excluding carboxylic acids is 11. The third kappa shape index (κ3) is 30.5. The van der Waals surface area contributed by atoms with Crippen molar-refractivity contribution in [3.8, 4) is 0 Å². The fourth-order valence-corrected chi connectivity index (χ4v) is 9.27. The molecular formula is C58H95N19O15. The summed E-state index contributed by atoms with van der Waals surface area (Å²) < 4.78 is 0. The fraction of sp³-hybridized carbons (Fsp3) is 0.603. The van der Waals surface area contributed by atoms with E-state index in [1.54, 1.807) is 58.0 Å². The summed E-state index contributed by atoms with van der Waals surface area (Å²) in [7, 11) is 0. The van der Waals surface area contributed by atoms with Crippen LogP contribution in [0.2, 0.25) is 0 Å². The normalized spacial score (nSPS) is 14.7. The number of guanidine groups is 1. The molecule has 2 aromatic rings. The molecule has 0 saturated heterocycles. The van der Waals surface area contributed by atoms with E-state index >= 15 is 0 Å². The van der Waals surface area contributed by atoms with Gasteiger partial charge < -0.3 is 103 Å². The predicted molar refractivity (Wildman–Crippen MR) is 335 cm³/mol. The monoisotopic (exact) mass is 1300 g/mol. The van der Waals surface area contributed by atoms with Crippen molar-refractivity contribution in [3.05, 3.63) is 54.1 Å². The number of rotatable bonds is 46. The molecule has 0 radical (unpaired) electrons. The molecule has 34 nitrogen and oxygen atoms in total. The van der Waals surface area contributed by atoms with Gasteiger partial charge in [-0.1, -0.05) is 64.4 Å². The molecule has 0 aliphatic carbocycles. The molecule has 0 aliphatic heterocycles. The second kappa shape index (κ2) is 41.9. The van der Waals surface area contributed by atoms with Crippen LogP contribution in [0.15, 0.2) is 47.8 Å². The van der Waals surface area contributed by atoms with Gasteiger partial charge >= 0.3 is 11.9 Å². The highest BCUT2D eigenvalue weighted by atomic mass is 16.4. The summed E-state index contributed by atoms with van der Waals surface area (Å²) in [5.74, 6) is -14.6. The van der Waals surface area contributed by atoms with Gasteiger partial charge in [0.1, 0.15) is 54.4 Å². The third-order valence-electron chi connectivity index (χ3n) is 14.5. The summed E-state index contributed by atoms with van der Waals surface area (Å²) in [4.78, 5) is 186. The standard InChI is InChI=1S/C58H95N19O15/c1-5-32(4)47(57(91)92)77-56(90)43(28-45(63)79)76-54(88)41(26-34-29-66-30-68-34)75-53(87)40(25-33-14-7-6-8-15-33)74-51(85)38(18-13-23-67-58(64)65)71-50(84)36(16-9-11-21-59)69-49(83)37(17-10-12-22-60)70-52(86)39(19-20-46(80)81)72-55(89)42(27-44(62)78)73-48(82)35(61)24-31(2)3/h6-8,14-15,29-32,35-43,47H,5,9-13,16-28,59-61H2,1-4H3,(H2,62,78)(H2,63,79)(H,66,68)(H,69,83)(H,70,86)(H,71,84)(H,72,89)(H,73,82)(H,74,85)(H,75,87)(H,76,88)(H,77,90)(H,80,81)(H,91,92)(H4,64,65,67)/t32-,35-,36-,37-,38-,39-,40-,41-,42-,43-,47-/m0/s1. The molecule has 0 saturated carbocycles. The number of nitrogens with one attached hydrogen (secondary N) is 10. The van der Waals surface area contributed by atoms with Gasteiger partial charge in [-0.25, -0.2) is 9.78 Å². The molecule has 0 spiro atoms. The summed E-state index contributed by atoms with van der Waals surface area (Å²) in [6, 6.07) is -6.87. The minimum absolute atomic E-state index is 0.0368. The number of hydrogen-bond acceptors (Lipinski definition) is 18. The molecule has 0 fully saturated rings. The minimum atomic E-state index is -1.72. The number of aromatic nitrogens is 2. The van der Waals surface area contributed by atoms with Gasteiger partial charge in [-0.15, -0.1) is 0 Å². The number of benzene rings is 1. The maximum Gasteiger partial charge on any atom is 0.326 e. The van der Waals surface area contributed by atoms with Gasteiger partial charge in [0.05, 0.1) is 25.2 Å². The topological polar surface area (TPSA) is 594 Å². The lowest BCUT2D eigenvalue weighted by molar-refractivity contribution is -0.144. The minimum Gasteiger partial charge on any atom is -0.481 e. The molecule has 11 amide bonds. The number of nitrogens with two attached hydrogens (primary N) is 7. The molecule has 34 heteroatoms. The molecule has 1 aromatic heterocycles. The number of aliphatic carboxylic acids is 2. The number of H-pyrrole nitrogens is 1. The molecule has 0 aliphatic rings. The van der Waals surface area contributed by atoms with E-state index in [0.29, 0.717) is 30.5 Å². The Morgan fingerprint density at radius 3 is 1.36 bits per heavy atom. The Morgan fingerprint density at radius 2 is 0.946 bits per heavy atom. The zero-order valence-corrected chi connectivity index (χ0v) is 52.5. The molecule has 1 heterocycles. The van der Waals surface area contributed by atoms with E-state index in [1.807, 2.05) is 0 Å². The Bertz CT molecular complexity index is 2790. The first-order chi connectivity index (χ1) is 43.5. The van der Waals surface area contributed by atoms with Gasteiger partial charge in [0.2, 0.25) is 65.0 Å². The van der Waals surface area contributed by atoms with Crippen molar-refractivity contribution in [1.29, 1.82) is 0 Å². The number of hydrogen-bond donors (Lipinski definition) is 19. The number of unbranched alkanes of at least 4 members (excludes halogenated alkanes) is 2. The third-order valence-corrected chi connectivity index (χ3v) is 14.5. The van der Waals surface area contributed by atoms with E-state index in [-0.39, 0.29) is 89.3 Å². The van der Waals surface area contributed by atoms with E-state index in [9.17, 15) is 72.5 Å². The van der Waals surface area contributed by atoms with Crippen LogP contribution in [-0.2, 0) is 75.2 Å². The largest absolute Gasteiger partial charge is 0.481 e. The number of amides is 11. The summed E-state index contributed by atoms with van der Waals surface area (Å²) >= 11 is 0. The van der Waals surface area contributed by atoms with E-state index in [4.69, 9.17) is 40.1 Å².